The molecule has 1 aromatic heterocycles. The maximum Gasteiger partial charge on any atom is 0.200 e. The molecule has 0 amide bonds. The number of unbranched alkanes of at least 4 members (excludes halogenated alkanes) is 1. The van der Waals surface area contributed by atoms with Crippen LogP contribution < -0.4 is 10.2 Å². The Morgan fingerprint density at radius 3 is 2.41 bits per heavy atom. The van der Waals surface area contributed by atoms with Gasteiger partial charge in [-0.3, -0.25) is 4.79 Å². The molecule has 0 unspecified atom stereocenters. The summed E-state index contributed by atoms with van der Waals surface area (Å²) in [6.07, 6.45) is -1.47. The topological polar surface area (TPSA) is 153 Å². The second-order valence-electron chi connectivity index (χ2n) is 10.2. The molecule has 2 aliphatic heterocycles. The number of phenolic OH excluding ortho intramolecular Hbond substituents is 1. The predicted molar refractivity (Wildman–Crippen MR) is 143 cm³/mol. The minimum Gasteiger partial charge on any atom is -0.507 e. The lowest BCUT2D eigenvalue weighted by atomic mass is 9.89. The fourth-order valence-corrected chi connectivity index (χ4v) is 5.39. The summed E-state index contributed by atoms with van der Waals surface area (Å²) >= 11 is 0. The van der Waals surface area contributed by atoms with E-state index in [9.17, 15) is 30.3 Å². The average molecular weight is 542 g/mol. The van der Waals surface area contributed by atoms with E-state index in [0.717, 1.165) is 19.4 Å². The fraction of sp³-hybridized carbons (Fsp3) is 0.483. The van der Waals surface area contributed by atoms with Crippen LogP contribution in [0.15, 0.2) is 51.9 Å². The molecule has 5 atom stereocenters. The molecule has 39 heavy (non-hydrogen) atoms. The van der Waals surface area contributed by atoms with E-state index in [0.29, 0.717) is 23.5 Å². The van der Waals surface area contributed by atoms with Crippen LogP contribution in [0.4, 0.5) is 0 Å². The van der Waals surface area contributed by atoms with Gasteiger partial charge in [0.25, 0.3) is 0 Å². The summed E-state index contributed by atoms with van der Waals surface area (Å²) in [6, 6.07) is 9.84. The number of ether oxygens (including phenoxy) is 2. The largest absolute Gasteiger partial charge is 0.507 e. The maximum atomic E-state index is 13.4. The van der Waals surface area contributed by atoms with Crippen molar-refractivity contribution >= 4 is 11.0 Å². The van der Waals surface area contributed by atoms with Crippen molar-refractivity contribution in [3.63, 3.8) is 0 Å². The lowest BCUT2D eigenvalue weighted by Crippen LogP contribution is -2.55. The van der Waals surface area contributed by atoms with Crippen LogP contribution in [0.5, 0.6) is 11.5 Å². The predicted octanol–water partition coefficient (Wildman–Crippen LogP) is 1.94. The number of likely N-dealkylation sites (tertiary alicyclic amines) is 1. The Balaban J connectivity index is 1.33. The number of hydrogen-bond donors (Lipinski definition) is 5. The Kier molecular flexibility index (Phi) is 8.51. The third-order valence-corrected chi connectivity index (χ3v) is 7.64. The van der Waals surface area contributed by atoms with Gasteiger partial charge >= 0.3 is 0 Å². The monoisotopic (exact) mass is 541 g/mol. The van der Waals surface area contributed by atoms with E-state index in [4.69, 9.17) is 13.9 Å². The van der Waals surface area contributed by atoms with Crippen LogP contribution in [-0.4, -0.2) is 87.7 Å². The summed E-state index contributed by atoms with van der Waals surface area (Å²) in [5.41, 5.74) is 0.473. The Bertz CT molecular complexity index is 1320. The third kappa shape index (κ3) is 5.67. The molecule has 3 aromatic rings. The highest BCUT2D eigenvalue weighted by Gasteiger charge is 2.45. The summed E-state index contributed by atoms with van der Waals surface area (Å²) in [4.78, 5) is 15.9. The molecule has 2 aromatic carbocycles. The first-order chi connectivity index (χ1) is 18.9. The normalized spacial score (nSPS) is 25.8. The molecule has 0 radical (unpaired) electrons. The molecule has 3 heterocycles. The van der Waals surface area contributed by atoms with Gasteiger partial charge in [-0.05, 0) is 75.1 Å². The number of benzene rings is 2. The van der Waals surface area contributed by atoms with E-state index in [1.54, 1.807) is 24.3 Å². The fourth-order valence-electron chi connectivity index (χ4n) is 5.39. The lowest BCUT2D eigenvalue weighted by molar-refractivity contribution is -0.231. The van der Waals surface area contributed by atoms with Gasteiger partial charge in [0.05, 0.1) is 29.7 Å². The van der Waals surface area contributed by atoms with Gasteiger partial charge in [0.2, 0.25) is 5.43 Å². The van der Waals surface area contributed by atoms with Crippen molar-refractivity contribution in [2.24, 2.45) is 0 Å². The van der Waals surface area contributed by atoms with E-state index >= 15 is 0 Å². The molecule has 10 heteroatoms. The zero-order chi connectivity index (χ0) is 27.5. The zero-order valence-electron chi connectivity index (χ0n) is 21.6. The third-order valence-electron chi connectivity index (χ3n) is 7.64. The Morgan fingerprint density at radius 1 is 0.949 bits per heavy atom. The summed E-state index contributed by atoms with van der Waals surface area (Å²) in [5.74, 6) is 0.379. The summed E-state index contributed by atoms with van der Waals surface area (Å²) in [6.45, 7) is 3.49. The average Bonchev–Trinajstić information content (AvgIpc) is 3.47. The van der Waals surface area contributed by atoms with Gasteiger partial charge in [0.15, 0.2) is 0 Å². The Hall–Kier alpha value is -2.99. The number of phenols is 1. The molecule has 2 aliphatic rings. The van der Waals surface area contributed by atoms with Crippen molar-refractivity contribution in [3.8, 4) is 22.6 Å². The number of aromatic hydroxyl groups is 1. The molecule has 2 fully saturated rings. The van der Waals surface area contributed by atoms with Crippen LogP contribution in [-0.2, 0) is 4.74 Å². The van der Waals surface area contributed by atoms with Crippen molar-refractivity contribution < 1.29 is 39.4 Å². The van der Waals surface area contributed by atoms with Gasteiger partial charge in [0, 0.05) is 0 Å². The van der Waals surface area contributed by atoms with Crippen molar-refractivity contribution in [1.82, 2.24) is 4.90 Å². The van der Waals surface area contributed by atoms with Crippen molar-refractivity contribution in [2.45, 2.75) is 56.2 Å². The number of hydrogen-bond acceptors (Lipinski definition) is 10. The smallest absolute Gasteiger partial charge is 0.200 e. The van der Waals surface area contributed by atoms with Crippen LogP contribution in [0.1, 0.15) is 37.4 Å². The highest BCUT2D eigenvalue weighted by Crippen LogP contribution is 2.40. The van der Waals surface area contributed by atoms with Crippen molar-refractivity contribution in [1.29, 1.82) is 0 Å². The lowest BCUT2D eigenvalue weighted by Gasteiger charge is -2.40. The molecule has 10 nitrogen and oxygen atoms in total. The van der Waals surface area contributed by atoms with E-state index in [1.807, 2.05) is 0 Å². The highest BCUT2D eigenvalue weighted by atomic mass is 16.5. The van der Waals surface area contributed by atoms with Gasteiger partial charge in [-0.2, -0.15) is 0 Å². The molecule has 5 N–H and O–H groups in total. The van der Waals surface area contributed by atoms with Gasteiger partial charge < -0.3 is 44.3 Å². The summed E-state index contributed by atoms with van der Waals surface area (Å²) in [7, 11) is 0. The van der Waals surface area contributed by atoms with Gasteiger partial charge in [-0.15, -0.1) is 0 Å². The zero-order valence-corrected chi connectivity index (χ0v) is 21.6. The van der Waals surface area contributed by atoms with Gasteiger partial charge in [-0.1, -0.05) is 12.1 Å². The van der Waals surface area contributed by atoms with Crippen LogP contribution in [0.3, 0.4) is 0 Å². The maximum absolute atomic E-state index is 13.4. The molecular formula is C29H35NO9. The van der Waals surface area contributed by atoms with Crippen molar-refractivity contribution in [3.05, 3.63) is 58.4 Å². The standard InChI is InChI=1S/C29H35NO9/c31-15-22-25(34)26(35)27(36)29(39-22)23-21(32)10-9-19-24(33)20(16-38-28(19)23)17-5-7-18(8-6-17)37-14-4-3-13-30-11-1-2-12-30/h5-10,16,22,25-27,29,31-32,34-36H,1-4,11-15H2/t22-,25-,26+,27-,29+/m1/s1. The first-order valence-corrected chi connectivity index (χ1v) is 13.4. The van der Waals surface area contributed by atoms with E-state index in [-0.39, 0.29) is 27.7 Å². The van der Waals surface area contributed by atoms with Crippen LogP contribution in [0.2, 0.25) is 0 Å². The number of rotatable bonds is 9. The van der Waals surface area contributed by atoms with Crippen LogP contribution in [0, 0.1) is 0 Å². The SMILES string of the molecule is O=c1c(-c2ccc(OCCCCN3CCCC3)cc2)coc2c([C@@H]3O[C@H](CO)[C@@H](O)[C@H](O)[C@H]3O)c(O)ccc12. The van der Waals surface area contributed by atoms with E-state index in [2.05, 4.69) is 4.90 Å². The molecule has 0 saturated carbocycles. The molecule has 0 bridgehead atoms. The van der Waals surface area contributed by atoms with Crippen molar-refractivity contribution in [2.75, 3.05) is 32.8 Å². The molecule has 5 rings (SSSR count). The van der Waals surface area contributed by atoms with E-state index < -0.39 is 37.1 Å². The Labute approximate surface area is 225 Å². The highest BCUT2D eigenvalue weighted by molar-refractivity contribution is 5.86. The number of nitrogens with zero attached hydrogens (tertiary/aromatic N) is 1. The number of aliphatic hydroxyl groups excluding tert-OH is 4. The first kappa shape index (κ1) is 27.6. The minimum absolute atomic E-state index is 0.0260. The minimum atomic E-state index is -1.65. The van der Waals surface area contributed by atoms with Crippen LogP contribution in [0.25, 0.3) is 22.1 Å². The first-order valence-electron chi connectivity index (χ1n) is 13.4. The van der Waals surface area contributed by atoms with Gasteiger partial charge in [-0.25, -0.2) is 0 Å². The van der Waals surface area contributed by atoms with Crippen LogP contribution >= 0.6 is 0 Å². The molecule has 0 spiro atoms. The summed E-state index contributed by atoms with van der Waals surface area (Å²) < 4.78 is 17.3. The summed E-state index contributed by atoms with van der Waals surface area (Å²) in [5, 5.41) is 51.1. The molecule has 2 saturated heterocycles. The number of fused-ring (bicyclic) bond motifs is 1. The molecule has 210 valence electrons. The molecular weight excluding hydrogens is 506 g/mol. The van der Waals surface area contributed by atoms with Gasteiger partial charge in [0.1, 0.15) is 53.9 Å². The Morgan fingerprint density at radius 2 is 1.69 bits per heavy atom. The second kappa shape index (κ2) is 12.0. The number of aliphatic hydroxyl groups is 4. The quantitative estimate of drug-likeness (QED) is 0.254. The second-order valence-corrected chi connectivity index (χ2v) is 10.2. The molecule has 0 aliphatic carbocycles. The van der Waals surface area contributed by atoms with E-state index in [1.165, 1.54) is 44.3 Å².